The maximum Gasteiger partial charge on any atom is 0.165 e. The van der Waals surface area contributed by atoms with Crippen LogP contribution in [0.15, 0.2) is 158 Å². The predicted octanol–water partition coefficient (Wildman–Crippen LogP) is 12.7. The van der Waals surface area contributed by atoms with Gasteiger partial charge in [-0.2, -0.15) is 0 Å². The number of hydrogen-bond acceptors (Lipinski definition) is 5. The molecule has 0 aliphatic rings. The number of rotatable bonds is 4. The highest BCUT2D eigenvalue weighted by Gasteiger charge is 2.22. The van der Waals surface area contributed by atoms with E-state index in [1.54, 1.807) is 11.3 Å². The van der Waals surface area contributed by atoms with Crippen molar-refractivity contribution in [2.24, 2.45) is 0 Å². The van der Waals surface area contributed by atoms with E-state index in [2.05, 4.69) is 126 Å². The molecule has 0 radical (unpaired) electrons. The molecule has 238 valence electrons. The Kier molecular flexibility index (Phi) is 6.26. The highest BCUT2D eigenvalue weighted by molar-refractivity contribution is 7.26. The van der Waals surface area contributed by atoms with Crippen LogP contribution in [-0.2, 0) is 0 Å². The SMILES string of the molecule is c1ccc(-c2nc(-c3ccccc3)nc(-c3ccc(-n4c5ccccc5c5cc6c(cc54)sc4ccccc46)c4c3sc3ccccc34)n2)cc1. The Morgan fingerprint density at radius 2 is 0.980 bits per heavy atom. The first-order valence-electron chi connectivity index (χ1n) is 16.9. The highest BCUT2D eigenvalue weighted by atomic mass is 32.1. The zero-order chi connectivity index (χ0) is 33.5. The minimum absolute atomic E-state index is 0.660. The molecule has 0 unspecified atom stereocenters. The molecule has 7 aromatic carbocycles. The smallest absolute Gasteiger partial charge is 0.165 e. The first-order chi connectivity index (χ1) is 25.3. The van der Waals surface area contributed by atoms with E-state index in [1.165, 1.54) is 57.5 Å². The summed E-state index contributed by atoms with van der Waals surface area (Å²) in [6.07, 6.45) is 0. The number of thiophene rings is 2. The quantitative estimate of drug-likeness (QED) is 0.185. The standard InChI is InChI=1S/C45H26N4S2/c1-3-13-27(14-4-1)43-46-44(28-15-5-2-6-16-28)48-45(47-43)32-23-24-36(41-31-19-9-12-22-39(31)51-42(32)41)49-35-20-10-7-17-29(35)33-25-34-30-18-8-11-21-38(30)50-40(34)26-37(33)49/h1-26H. The molecule has 0 saturated heterocycles. The van der Waals surface area contributed by atoms with Crippen molar-refractivity contribution in [1.29, 1.82) is 0 Å². The van der Waals surface area contributed by atoms with Crippen molar-refractivity contribution in [3.8, 4) is 39.9 Å². The second-order valence-electron chi connectivity index (χ2n) is 12.8. The van der Waals surface area contributed by atoms with E-state index in [0.29, 0.717) is 17.5 Å². The van der Waals surface area contributed by atoms with Gasteiger partial charge in [-0.15, -0.1) is 22.7 Å². The second kappa shape index (κ2) is 11.2. The fourth-order valence-corrected chi connectivity index (χ4v) is 9.90. The van der Waals surface area contributed by atoms with Gasteiger partial charge in [-0.1, -0.05) is 115 Å². The Morgan fingerprint density at radius 1 is 0.392 bits per heavy atom. The van der Waals surface area contributed by atoms with Gasteiger partial charge in [0, 0.05) is 67.8 Å². The molecule has 0 atom stereocenters. The van der Waals surface area contributed by atoms with E-state index in [0.717, 1.165) is 27.1 Å². The Bertz CT molecular complexity index is 3080. The summed E-state index contributed by atoms with van der Waals surface area (Å²) in [5.74, 6) is 1.99. The Labute approximate surface area is 300 Å². The van der Waals surface area contributed by atoms with Gasteiger partial charge < -0.3 is 4.57 Å². The summed E-state index contributed by atoms with van der Waals surface area (Å²) in [4.78, 5) is 15.3. The molecule has 51 heavy (non-hydrogen) atoms. The molecule has 4 heterocycles. The van der Waals surface area contributed by atoms with E-state index in [-0.39, 0.29) is 0 Å². The lowest BCUT2D eigenvalue weighted by Gasteiger charge is -2.13. The number of hydrogen-bond donors (Lipinski definition) is 0. The molecule has 6 heteroatoms. The third kappa shape index (κ3) is 4.40. The molecule has 11 rings (SSSR count). The van der Waals surface area contributed by atoms with Crippen molar-refractivity contribution in [3.63, 3.8) is 0 Å². The monoisotopic (exact) mass is 686 g/mol. The molecule has 0 fully saturated rings. The van der Waals surface area contributed by atoms with Crippen molar-refractivity contribution in [3.05, 3.63) is 158 Å². The van der Waals surface area contributed by atoms with Gasteiger partial charge in [0.1, 0.15) is 0 Å². The first-order valence-corrected chi connectivity index (χ1v) is 18.6. The lowest BCUT2D eigenvalue weighted by molar-refractivity contribution is 1.08. The normalized spacial score (nSPS) is 11.9. The van der Waals surface area contributed by atoms with E-state index >= 15 is 0 Å². The van der Waals surface area contributed by atoms with Crippen molar-refractivity contribution in [2.75, 3.05) is 0 Å². The van der Waals surface area contributed by atoms with Gasteiger partial charge in [-0.05, 0) is 42.5 Å². The van der Waals surface area contributed by atoms with Crippen LogP contribution in [0.4, 0.5) is 0 Å². The number of fused-ring (bicyclic) bond motifs is 9. The van der Waals surface area contributed by atoms with Crippen molar-refractivity contribution in [2.45, 2.75) is 0 Å². The van der Waals surface area contributed by atoms with Gasteiger partial charge >= 0.3 is 0 Å². The van der Waals surface area contributed by atoms with Crippen molar-refractivity contribution < 1.29 is 0 Å². The Balaban J connectivity index is 1.22. The largest absolute Gasteiger partial charge is 0.309 e. The van der Waals surface area contributed by atoms with E-state index in [4.69, 9.17) is 15.0 Å². The molecule has 0 N–H and O–H groups in total. The summed E-state index contributed by atoms with van der Waals surface area (Å²) >= 11 is 3.67. The topological polar surface area (TPSA) is 43.6 Å². The molecule has 0 amide bonds. The second-order valence-corrected chi connectivity index (χ2v) is 14.9. The summed E-state index contributed by atoms with van der Waals surface area (Å²) in [6, 6.07) is 55.9. The van der Waals surface area contributed by atoms with Gasteiger partial charge in [0.2, 0.25) is 0 Å². The molecule has 0 aliphatic carbocycles. The van der Waals surface area contributed by atoms with Crippen LogP contribution in [0.25, 0.3) is 102 Å². The number of aromatic nitrogens is 4. The molecule has 4 aromatic heterocycles. The summed E-state index contributed by atoms with van der Waals surface area (Å²) in [7, 11) is 0. The van der Waals surface area contributed by atoms with Crippen LogP contribution in [0.2, 0.25) is 0 Å². The van der Waals surface area contributed by atoms with Crippen LogP contribution in [0.5, 0.6) is 0 Å². The summed E-state index contributed by atoms with van der Waals surface area (Å²) < 4.78 is 7.47. The molecule has 11 aromatic rings. The first kappa shape index (κ1) is 28.6. The van der Waals surface area contributed by atoms with Gasteiger partial charge in [0.05, 0.1) is 16.7 Å². The van der Waals surface area contributed by atoms with Crippen LogP contribution in [-0.4, -0.2) is 19.5 Å². The van der Waals surface area contributed by atoms with Crippen LogP contribution < -0.4 is 0 Å². The Hall–Kier alpha value is -6.21. The third-order valence-corrected chi connectivity index (χ3v) is 12.2. The van der Waals surface area contributed by atoms with Crippen LogP contribution in [0, 0.1) is 0 Å². The third-order valence-electron chi connectivity index (χ3n) is 9.86. The van der Waals surface area contributed by atoms with Gasteiger partial charge in [-0.25, -0.2) is 15.0 Å². The zero-order valence-electron chi connectivity index (χ0n) is 27.1. The maximum atomic E-state index is 5.15. The van der Waals surface area contributed by atoms with Gasteiger partial charge in [0.15, 0.2) is 17.5 Å². The number of nitrogens with zero attached hydrogens (tertiary/aromatic N) is 4. The van der Waals surface area contributed by atoms with Crippen LogP contribution in [0.1, 0.15) is 0 Å². The molecule has 0 saturated carbocycles. The van der Waals surface area contributed by atoms with Crippen LogP contribution >= 0.6 is 22.7 Å². The fraction of sp³-hybridized carbons (Fsp3) is 0. The average molecular weight is 687 g/mol. The summed E-state index contributed by atoms with van der Waals surface area (Å²) in [6.45, 7) is 0. The minimum Gasteiger partial charge on any atom is -0.309 e. The minimum atomic E-state index is 0.660. The van der Waals surface area contributed by atoms with Crippen LogP contribution in [0.3, 0.4) is 0 Å². The summed E-state index contributed by atoms with van der Waals surface area (Å²) in [5.41, 5.74) is 6.47. The summed E-state index contributed by atoms with van der Waals surface area (Å²) in [5, 5.41) is 7.56. The maximum absolute atomic E-state index is 5.15. The Morgan fingerprint density at radius 3 is 1.71 bits per heavy atom. The predicted molar refractivity (Wildman–Crippen MR) is 216 cm³/mol. The zero-order valence-corrected chi connectivity index (χ0v) is 28.7. The molecule has 0 bridgehead atoms. The fourth-order valence-electron chi connectivity index (χ4n) is 7.55. The van der Waals surface area contributed by atoms with Crippen molar-refractivity contribution >= 4 is 84.8 Å². The molecule has 0 spiro atoms. The molecule has 4 nitrogen and oxygen atoms in total. The molecular formula is C45H26N4S2. The number of benzene rings is 7. The van der Waals surface area contributed by atoms with Crippen molar-refractivity contribution in [1.82, 2.24) is 19.5 Å². The lowest BCUT2D eigenvalue weighted by Crippen LogP contribution is -2.01. The van der Waals surface area contributed by atoms with E-state index < -0.39 is 0 Å². The lowest BCUT2D eigenvalue weighted by atomic mass is 10.1. The van der Waals surface area contributed by atoms with E-state index in [9.17, 15) is 0 Å². The number of para-hydroxylation sites is 1. The van der Waals surface area contributed by atoms with Gasteiger partial charge in [0.25, 0.3) is 0 Å². The average Bonchev–Trinajstić information content (AvgIpc) is 3.87. The van der Waals surface area contributed by atoms with Gasteiger partial charge in [-0.3, -0.25) is 0 Å². The highest BCUT2D eigenvalue weighted by Crippen LogP contribution is 2.46. The van der Waals surface area contributed by atoms with E-state index in [1.807, 2.05) is 47.7 Å². The molecule has 0 aliphatic heterocycles. The molecular weight excluding hydrogens is 661 g/mol.